The molecule has 0 bridgehead atoms. The summed E-state index contributed by atoms with van der Waals surface area (Å²) in [5.41, 5.74) is 0. The quantitative estimate of drug-likeness (QED) is 0.231. The van der Waals surface area contributed by atoms with Crippen LogP contribution in [0.3, 0.4) is 0 Å². The second kappa shape index (κ2) is 15.2. The predicted molar refractivity (Wildman–Crippen MR) is 110 cm³/mol. The second-order valence-corrected chi connectivity index (χ2v) is 10.3. The fourth-order valence-electron chi connectivity index (χ4n) is 2.12. The van der Waals surface area contributed by atoms with Gasteiger partial charge < -0.3 is 5.32 Å². The van der Waals surface area contributed by atoms with Crippen molar-refractivity contribution in [3.63, 3.8) is 0 Å². The van der Waals surface area contributed by atoms with Gasteiger partial charge in [-0.15, -0.1) is 46.4 Å². The molecule has 0 spiro atoms. The largest absolute Gasteiger partial charge is 0.358 e. The number of alkyl halides is 4. The third-order valence-corrected chi connectivity index (χ3v) is 8.61. The third-order valence-electron chi connectivity index (χ3n) is 3.29. The zero-order chi connectivity index (χ0) is 18.4. The average molecular weight is 461 g/mol. The molecule has 0 heterocycles. The summed E-state index contributed by atoms with van der Waals surface area (Å²) in [7, 11) is -1.30. The minimum Gasteiger partial charge on any atom is -0.358 e. The Morgan fingerprint density at radius 2 is 1.38 bits per heavy atom. The molecule has 11 heteroatoms. The highest BCUT2D eigenvalue weighted by Crippen LogP contribution is 2.53. The smallest absolute Gasteiger partial charge is 0.229 e. The van der Waals surface area contributed by atoms with Crippen molar-refractivity contribution in [1.82, 2.24) is 14.7 Å². The summed E-state index contributed by atoms with van der Waals surface area (Å²) in [6.07, 6.45) is 0.427. The first-order valence-corrected chi connectivity index (χ1v) is 12.7. The number of nitrogens with one attached hydrogen (secondary N) is 1. The summed E-state index contributed by atoms with van der Waals surface area (Å²) in [5.74, 6) is 2.33. The van der Waals surface area contributed by atoms with Gasteiger partial charge in [-0.3, -0.25) is 9.36 Å². The Morgan fingerprint density at radius 1 is 0.958 bits per heavy atom. The number of halogens is 4. The van der Waals surface area contributed by atoms with Gasteiger partial charge >= 0.3 is 0 Å². The van der Waals surface area contributed by atoms with Gasteiger partial charge in [-0.1, -0.05) is 0 Å². The average Bonchev–Trinajstić information content (AvgIpc) is 2.57. The molecule has 144 valence electrons. The highest BCUT2D eigenvalue weighted by Gasteiger charge is 2.35. The first-order chi connectivity index (χ1) is 11.5. The maximum absolute atomic E-state index is 13.8. The zero-order valence-corrected chi connectivity index (χ0v) is 18.6. The van der Waals surface area contributed by atoms with Crippen LogP contribution < -0.4 is 5.32 Å². The van der Waals surface area contributed by atoms with Crippen LogP contribution in [0.4, 0.5) is 0 Å². The number of rotatable bonds is 15. The highest BCUT2D eigenvalue weighted by atomic mass is 35.5. The molecule has 0 saturated carbocycles. The van der Waals surface area contributed by atoms with Gasteiger partial charge in [0.25, 0.3) is 0 Å². The minimum absolute atomic E-state index is 0.0495. The Kier molecular flexibility index (Phi) is 15.9. The Bertz CT molecular complexity index is 364. The van der Waals surface area contributed by atoms with E-state index in [0.717, 1.165) is 0 Å². The number of thioether (sulfide) groups is 1. The molecule has 0 fully saturated rings. The van der Waals surface area contributed by atoms with E-state index in [1.807, 2.05) is 9.34 Å². The van der Waals surface area contributed by atoms with E-state index >= 15 is 0 Å². The van der Waals surface area contributed by atoms with E-state index in [2.05, 4.69) is 5.32 Å². The monoisotopic (exact) mass is 459 g/mol. The van der Waals surface area contributed by atoms with Gasteiger partial charge in [0, 0.05) is 68.7 Å². The number of amides is 1. The van der Waals surface area contributed by atoms with Gasteiger partial charge in [-0.25, -0.2) is 9.34 Å². The molecule has 1 amide bonds. The van der Waals surface area contributed by atoms with E-state index in [0.29, 0.717) is 67.4 Å². The number of hydrogen-bond donors (Lipinski definition) is 1. The summed E-state index contributed by atoms with van der Waals surface area (Å²) in [5, 5.41) is 2.57. The Morgan fingerprint density at radius 3 is 1.71 bits per heavy atom. The predicted octanol–water partition coefficient (Wildman–Crippen LogP) is 3.22. The lowest BCUT2D eigenvalue weighted by Crippen LogP contribution is -2.38. The number of nitrogens with zero attached hydrogens (tertiary/aromatic N) is 2. The maximum atomic E-state index is 13.8. The van der Waals surface area contributed by atoms with Gasteiger partial charge in [0.2, 0.25) is 13.4 Å². The van der Waals surface area contributed by atoms with E-state index in [1.165, 1.54) is 11.8 Å². The van der Waals surface area contributed by atoms with Crippen molar-refractivity contribution < 1.29 is 9.36 Å². The van der Waals surface area contributed by atoms with Crippen LogP contribution in [-0.2, 0) is 9.36 Å². The van der Waals surface area contributed by atoms with Crippen LogP contribution in [-0.4, -0.2) is 89.7 Å². The van der Waals surface area contributed by atoms with Crippen LogP contribution in [0, 0.1) is 0 Å². The van der Waals surface area contributed by atoms with Gasteiger partial charge in [0.15, 0.2) is 0 Å². The van der Waals surface area contributed by atoms with Crippen LogP contribution >= 0.6 is 65.6 Å². The second-order valence-electron chi connectivity index (χ2n) is 4.78. The standard InChI is InChI=1S/C13H26Cl4N3O2PS/c1-18-13(21)12-24-11-10-23(22,19(6-2-14)7-3-15)20(8-4-16)9-5-17/h2-12H2,1H3,(H,18,21). The lowest BCUT2D eigenvalue weighted by Gasteiger charge is -2.38. The van der Waals surface area contributed by atoms with Crippen molar-refractivity contribution >= 4 is 71.5 Å². The summed E-state index contributed by atoms with van der Waals surface area (Å²) < 4.78 is 17.5. The van der Waals surface area contributed by atoms with Crippen LogP contribution in [0.25, 0.3) is 0 Å². The molecule has 0 atom stereocenters. The van der Waals surface area contributed by atoms with Gasteiger partial charge in [0.05, 0.1) is 5.75 Å². The van der Waals surface area contributed by atoms with Crippen molar-refractivity contribution in [3.05, 3.63) is 0 Å². The molecule has 0 aromatic heterocycles. The van der Waals surface area contributed by atoms with Crippen molar-refractivity contribution in [3.8, 4) is 0 Å². The van der Waals surface area contributed by atoms with Crippen molar-refractivity contribution in [1.29, 1.82) is 0 Å². The lowest BCUT2D eigenvalue weighted by atomic mass is 10.6. The summed E-state index contributed by atoms with van der Waals surface area (Å²) in [6, 6.07) is 0. The normalized spacial score (nSPS) is 12.1. The van der Waals surface area contributed by atoms with E-state index in [-0.39, 0.29) is 5.91 Å². The molecule has 1 N–H and O–H groups in total. The molecule has 0 aliphatic rings. The van der Waals surface area contributed by atoms with Crippen molar-refractivity contribution in [2.45, 2.75) is 0 Å². The SMILES string of the molecule is CNC(=O)CSCCP(=O)(N(CCCl)CCCl)N(CCCl)CCCl. The van der Waals surface area contributed by atoms with Crippen LogP contribution in [0.1, 0.15) is 0 Å². The molecular weight excluding hydrogens is 435 g/mol. The van der Waals surface area contributed by atoms with Crippen molar-refractivity contribution in [2.75, 3.05) is 74.4 Å². The molecule has 24 heavy (non-hydrogen) atoms. The Hall–Kier alpha value is 1.13. The molecule has 0 aliphatic carbocycles. The molecule has 0 rings (SSSR count). The number of carbonyl (C=O) groups excluding carboxylic acids is 1. The topological polar surface area (TPSA) is 52.7 Å². The highest BCUT2D eigenvalue weighted by molar-refractivity contribution is 8.00. The van der Waals surface area contributed by atoms with E-state index < -0.39 is 7.44 Å². The lowest BCUT2D eigenvalue weighted by molar-refractivity contribution is -0.118. The van der Waals surface area contributed by atoms with E-state index in [4.69, 9.17) is 46.4 Å². The fourth-order valence-corrected chi connectivity index (χ4v) is 7.92. The number of carbonyl (C=O) groups is 1. The Labute approximate surface area is 169 Å². The molecule has 5 nitrogen and oxygen atoms in total. The first-order valence-electron chi connectivity index (χ1n) is 7.62. The molecule has 0 aromatic rings. The molecule has 0 radical (unpaired) electrons. The van der Waals surface area contributed by atoms with Gasteiger partial charge in [-0.2, -0.15) is 11.8 Å². The molecule has 0 aromatic carbocycles. The third kappa shape index (κ3) is 9.18. The van der Waals surface area contributed by atoms with Crippen LogP contribution in [0.2, 0.25) is 0 Å². The molecule has 0 saturated heterocycles. The van der Waals surface area contributed by atoms with E-state index in [1.54, 1.807) is 7.05 Å². The summed E-state index contributed by atoms with van der Waals surface area (Å²) >= 11 is 25.0. The summed E-state index contributed by atoms with van der Waals surface area (Å²) in [6.45, 7) is 1.92. The first kappa shape index (κ1) is 25.1. The van der Waals surface area contributed by atoms with Crippen LogP contribution in [0.5, 0.6) is 0 Å². The van der Waals surface area contributed by atoms with Gasteiger partial charge in [0.1, 0.15) is 0 Å². The minimum atomic E-state index is -2.90. The molecular formula is C13H26Cl4N3O2PS. The fraction of sp³-hybridized carbons (Fsp3) is 0.923. The van der Waals surface area contributed by atoms with Gasteiger partial charge in [-0.05, 0) is 0 Å². The molecule has 0 unspecified atom stereocenters. The van der Waals surface area contributed by atoms with Crippen LogP contribution in [0.15, 0.2) is 0 Å². The maximum Gasteiger partial charge on any atom is 0.229 e. The summed E-state index contributed by atoms with van der Waals surface area (Å²) in [4.78, 5) is 11.3. The zero-order valence-electron chi connectivity index (χ0n) is 13.9. The molecule has 0 aliphatic heterocycles. The van der Waals surface area contributed by atoms with Crippen molar-refractivity contribution in [2.24, 2.45) is 0 Å². The van der Waals surface area contributed by atoms with E-state index in [9.17, 15) is 9.36 Å². The Balaban J connectivity index is 5.14. The number of hydrogen-bond acceptors (Lipinski definition) is 3.